The zero-order valence-corrected chi connectivity index (χ0v) is 16.3. The minimum atomic E-state index is -0.513. The van der Waals surface area contributed by atoms with Gasteiger partial charge in [-0.3, -0.25) is 9.59 Å². The van der Waals surface area contributed by atoms with Crippen molar-refractivity contribution in [3.63, 3.8) is 0 Å². The Bertz CT molecular complexity index is 621. The van der Waals surface area contributed by atoms with Crippen LogP contribution in [0.15, 0.2) is 18.2 Å². The molecule has 1 aromatic rings. The van der Waals surface area contributed by atoms with Crippen LogP contribution in [0.5, 0.6) is 0 Å². The van der Waals surface area contributed by atoms with Crippen LogP contribution < -0.4 is 5.32 Å². The molecule has 0 aromatic heterocycles. The van der Waals surface area contributed by atoms with Gasteiger partial charge in [0, 0.05) is 18.0 Å². The molecule has 1 aliphatic rings. The summed E-state index contributed by atoms with van der Waals surface area (Å²) in [5, 5.41) is 2.98. The number of rotatable bonds is 7. The fraction of sp³-hybridized carbons (Fsp3) is 0.579. The molecule has 5 nitrogen and oxygen atoms in total. The normalized spacial score (nSPS) is 18.2. The Labute approximate surface area is 154 Å². The van der Waals surface area contributed by atoms with E-state index < -0.39 is 12.1 Å². The summed E-state index contributed by atoms with van der Waals surface area (Å²) in [6.07, 6.45) is 1.45. The molecule has 2 rings (SSSR count). The molecule has 1 heterocycles. The Morgan fingerprint density at radius 1 is 1.40 bits per heavy atom. The van der Waals surface area contributed by atoms with Crippen LogP contribution in [0.25, 0.3) is 0 Å². The molecule has 1 aliphatic heterocycles. The topological polar surface area (TPSA) is 58.6 Å². The summed E-state index contributed by atoms with van der Waals surface area (Å²) in [6.45, 7) is 8.42. The number of aryl methyl sites for hydroxylation is 1. The zero-order valence-electron chi connectivity index (χ0n) is 15.5. The highest BCUT2D eigenvalue weighted by Crippen LogP contribution is 2.25. The van der Waals surface area contributed by atoms with E-state index in [1.54, 1.807) is 23.6 Å². The first-order valence-electron chi connectivity index (χ1n) is 8.82. The maximum atomic E-state index is 12.7. The Hall–Kier alpha value is -1.53. The van der Waals surface area contributed by atoms with Gasteiger partial charge in [0.1, 0.15) is 12.1 Å². The number of carbonyl (C=O) groups is 2. The highest BCUT2D eigenvalue weighted by Gasteiger charge is 2.36. The predicted octanol–water partition coefficient (Wildman–Crippen LogP) is 3.35. The molecule has 6 heteroatoms. The molecule has 0 bridgehead atoms. The second kappa shape index (κ2) is 9.25. The fourth-order valence-electron chi connectivity index (χ4n) is 2.69. The Kier molecular flexibility index (Phi) is 7.32. The van der Waals surface area contributed by atoms with E-state index >= 15 is 0 Å². The summed E-state index contributed by atoms with van der Waals surface area (Å²) < 4.78 is 5.61. The highest BCUT2D eigenvalue weighted by molar-refractivity contribution is 7.99. The third-order valence-corrected chi connectivity index (χ3v) is 5.56. The molecular formula is C19H28N2O3S. The van der Waals surface area contributed by atoms with Crippen molar-refractivity contribution in [1.29, 1.82) is 0 Å². The van der Waals surface area contributed by atoms with Crippen molar-refractivity contribution >= 4 is 29.3 Å². The summed E-state index contributed by atoms with van der Waals surface area (Å²) in [4.78, 5) is 27.0. The molecule has 0 aliphatic carbocycles. The minimum Gasteiger partial charge on any atom is -0.369 e. The van der Waals surface area contributed by atoms with Crippen molar-refractivity contribution in [2.45, 2.75) is 52.7 Å². The minimum absolute atomic E-state index is 0.109. The van der Waals surface area contributed by atoms with Crippen molar-refractivity contribution in [1.82, 2.24) is 4.90 Å². The van der Waals surface area contributed by atoms with Gasteiger partial charge in [-0.25, -0.2) is 0 Å². The van der Waals surface area contributed by atoms with E-state index in [0.717, 1.165) is 29.7 Å². The van der Waals surface area contributed by atoms with Crippen LogP contribution in [-0.2, 0) is 14.3 Å². The molecule has 2 atom stereocenters. The Morgan fingerprint density at radius 3 is 2.88 bits per heavy atom. The smallest absolute Gasteiger partial charge is 0.252 e. The molecule has 2 amide bonds. The number of carbonyl (C=O) groups excluding carboxylic acids is 2. The maximum Gasteiger partial charge on any atom is 0.252 e. The highest BCUT2D eigenvalue weighted by atomic mass is 32.2. The van der Waals surface area contributed by atoms with Gasteiger partial charge in [-0.2, -0.15) is 0 Å². The Balaban J connectivity index is 2.01. The second-order valence-electron chi connectivity index (χ2n) is 6.43. The standard InChI is InChI=1S/C19H28N2O3S/c1-5-6-10-24-15(4)19(23)21-12-25-11-17(21)18(22)20-16-9-7-8-13(2)14(16)3/h7-9,15,17H,5-6,10-12H2,1-4H3,(H,20,22). The molecule has 1 aromatic carbocycles. The molecule has 25 heavy (non-hydrogen) atoms. The number of nitrogens with one attached hydrogen (secondary N) is 1. The molecule has 1 saturated heterocycles. The fourth-order valence-corrected chi connectivity index (χ4v) is 3.85. The maximum absolute atomic E-state index is 12.7. The van der Waals surface area contributed by atoms with Gasteiger partial charge in [-0.05, 0) is 44.4 Å². The van der Waals surface area contributed by atoms with E-state index in [1.807, 2.05) is 32.0 Å². The van der Waals surface area contributed by atoms with Gasteiger partial charge in [0.25, 0.3) is 5.91 Å². The van der Waals surface area contributed by atoms with Gasteiger partial charge in [0.2, 0.25) is 5.91 Å². The first-order chi connectivity index (χ1) is 12.0. The molecule has 0 spiro atoms. The van der Waals surface area contributed by atoms with Crippen LogP contribution in [0.2, 0.25) is 0 Å². The number of nitrogens with zero attached hydrogens (tertiary/aromatic N) is 1. The van der Waals surface area contributed by atoms with Gasteiger partial charge in [-0.15, -0.1) is 11.8 Å². The second-order valence-corrected chi connectivity index (χ2v) is 7.43. The van der Waals surface area contributed by atoms with Crippen LogP contribution in [0, 0.1) is 13.8 Å². The quantitative estimate of drug-likeness (QED) is 0.754. The van der Waals surface area contributed by atoms with Crippen molar-refractivity contribution in [3.05, 3.63) is 29.3 Å². The van der Waals surface area contributed by atoms with Gasteiger partial charge in [-0.1, -0.05) is 25.5 Å². The van der Waals surface area contributed by atoms with E-state index in [9.17, 15) is 9.59 Å². The van der Waals surface area contributed by atoms with E-state index in [-0.39, 0.29) is 11.8 Å². The van der Waals surface area contributed by atoms with Crippen LogP contribution in [0.4, 0.5) is 5.69 Å². The SMILES string of the molecule is CCCCOC(C)C(=O)N1CSCC1C(=O)Nc1cccc(C)c1C. The number of thioether (sulfide) groups is 1. The van der Waals surface area contributed by atoms with E-state index in [1.165, 1.54) is 0 Å². The van der Waals surface area contributed by atoms with Gasteiger partial charge < -0.3 is 15.0 Å². The molecule has 0 radical (unpaired) electrons. The van der Waals surface area contributed by atoms with E-state index in [4.69, 9.17) is 4.74 Å². The monoisotopic (exact) mass is 364 g/mol. The van der Waals surface area contributed by atoms with Gasteiger partial charge >= 0.3 is 0 Å². The Morgan fingerprint density at radius 2 is 2.16 bits per heavy atom. The van der Waals surface area contributed by atoms with Crippen molar-refractivity contribution < 1.29 is 14.3 Å². The summed E-state index contributed by atoms with van der Waals surface area (Å²) in [7, 11) is 0. The average molecular weight is 365 g/mol. The molecule has 138 valence electrons. The van der Waals surface area contributed by atoms with Crippen molar-refractivity contribution in [2.24, 2.45) is 0 Å². The van der Waals surface area contributed by atoms with E-state index in [0.29, 0.717) is 18.2 Å². The number of benzene rings is 1. The molecule has 1 fully saturated rings. The molecular weight excluding hydrogens is 336 g/mol. The summed E-state index contributed by atoms with van der Waals surface area (Å²) in [5.41, 5.74) is 2.99. The first-order valence-corrected chi connectivity index (χ1v) is 9.98. The lowest BCUT2D eigenvalue weighted by Crippen LogP contribution is -2.48. The molecule has 1 N–H and O–H groups in total. The van der Waals surface area contributed by atoms with Crippen LogP contribution in [0.3, 0.4) is 0 Å². The van der Waals surface area contributed by atoms with Gasteiger partial charge in [0.05, 0.1) is 5.88 Å². The van der Waals surface area contributed by atoms with Crippen molar-refractivity contribution in [3.8, 4) is 0 Å². The number of hydrogen-bond donors (Lipinski definition) is 1. The summed E-state index contributed by atoms with van der Waals surface area (Å²) >= 11 is 1.60. The number of ether oxygens (including phenoxy) is 1. The van der Waals surface area contributed by atoms with Gasteiger partial charge in [0.15, 0.2) is 0 Å². The summed E-state index contributed by atoms with van der Waals surface area (Å²) in [5.74, 6) is 0.907. The predicted molar refractivity (Wildman–Crippen MR) is 103 cm³/mol. The van der Waals surface area contributed by atoms with Crippen LogP contribution in [-0.4, -0.2) is 47.1 Å². The van der Waals surface area contributed by atoms with Crippen LogP contribution >= 0.6 is 11.8 Å². The lowest BCUT2D eigenvalue weighted by atomic mass is 10.1. The lowest BCUT2D eigenvalue weighted by Gasteiger charge is -2.26. The average Bonchev–Trinajstić information content (AvgIpc) is 3.08. The lowest BCUT2D eigenvalue weighted by molar-refractivity contribution is -0.145. The number of unbranched alkanes of at least 4 members (excludes halogenated alkanes) is 1. The van der Waals surface area contributed by atoms with E-state index in [2.05, 4.69) is 12.2 Å². The number of amides is 2. The molecule has 2 unspecified atom stereocenters. The van der Waals surface area contributed by atoms with Crippen LogP contribution in [0.1, 0.15) is 37.8 Å². The third kappa shape index (κ3) is 4.98. The third-order valence-electron chi connectivity index (χ3n) is 4.54. The largest absolute Gasteiger partial charge is 0.369 e. The summed E-state index contributed by atoms with van der Waals surface area (Å²) in [6, 6.07) is 5.38. The zero-order chi connectivity index (χ0) is 18.4. The number of anilines is 1. The molecule has 0 saturated carbocycles. The number of hydrogen-bond acceptors (Lipinski definition) is 4. The van der Waals surface area contributed by atoms with Crippen molar-refractivity contribution in [2.75, 3.05) is 23.6 Å². The first kappa shape index (κ1) is 19.8.